The van der Waals surface area contributed by atoms with Crippen LogP contribution in [0.1, 0.15) is 90.5 Å². The van der Waals surface area contributed by atoms with Crippen molar-refractivity contribution in [2.75, 3.05) is 0 Å². The van der Waals surface area contributed by atoms with Crippen molar-refractivity contribution in [1.29, 1.82) is 0 Å². The molecule has 0 aliphatic heterocycles. The third-order valence-corrected chi connectivity index (χ3v) is 16.1. The van der Waals surface area contributed by atoms with Crippen molar-refractivity contribution in [2.45, 2.75) is 106 Å². The Labute approximate surface area is 155 Å². The Balaban J connectivity index is 2.17. The van der Waals surface area contributed by atoms with E-state index < -0.39 is 13.6 Å². The Hall–Kier alpha value is -0.222. The van der Waals surface area contributed by atoms with E-state index in [1.165, 1.54) is 79.8 Å². The minimum absolute atomic E-state index is 1.37. The molecule has 0 aliphatic carbocycles. The molecule has 0 bridgehead atoms. The molecule has 0 atom stereocenters. The van der Waals surface area contributed by atoms with E-state index in [1.807, 2.05) is 0 Å². The van der Waals surface area contributed by atoms with Crippen LogP contribution >= 0.6 is 0 Å². The summed E-state index contributed by atoms with van der Waals surface area (Å²) in [4.78, 5) is 0. The van der Waals surface area contributed by atoms with E-state index >= 15 is 0 Å². The van der Waals surface area contributed by atoms with Crippen LogP contribution in [0.3, 0.4) is 0 Å². The zero-order valence-electron chi connectivity index (χ0n) is 16.7. The fourth-order valence-corrected chi connectivity index (χ4v) is 11.2. The van der Waals surface area contributed by atoms with Crippen LogP contribution in [0.4, 0.5) is 0 Å². The maximum absolute atomic E-state index is 2.47. The maximum atomic E-state index is 2.47. The van der Waals surface area contributed by atoms with Gasteiger partial charge in [-0.1, -0.05) is 0 Å². The molecule has 0 N–H and O–H groups in total. The van der Waals surface area contributed by atoms with Gasteiger partial charge in [0.2, 0.25) is 0 Å². The molecule has 24 heavy (non-hydrogen) atoms. The van der Waals surface area contributed by atoms with Crippen LogP contribution in [-0.4, -0.2) is 13.6 Å². The Morgan fingerprint density at radius 1 is 0.625 bits per heavy atom. The van der Waals surface area contributed by atoms with Crippen LogP contribution in [0.15, 0.2) is 30.3 Å². The van der Waals surface area contributed by atoms with Gasteiger partial charge in [0.05, 0.1) is 0 Å². The standard InChI is InChI=1S/C23H42As/c1-4-7-8-9-10-11-12-13-14-18-21-24(5-2,6-3)22-23-19-16-15-17-20-23/h15-17,19-20H,4-14,18,21-22H2,1-3H3/q+1. The Morgan fingerprint density at radius 2 is 1.12 bits per heavy atom. The number of benzene rings is 1. The van der Waals surface area contributed by atoms with Gasteiger partial charge in [-0.05, 0) is 0 Å². The first-order chi connectivity index (χ1) is 11.8. The van der Waals surface area contributed by atoms with Gasteiger partial charge in [0.1, 0.15) is 0 Å². The van der Waals surface area contributed by atoms with Gasteiger partial charge in [0.15, 0.2) is 0 Å². The Bertz CT molecular complexity index is 380. The van der Waals surface area contributed by atoms with E-state index in [2.05, 4.69) is 51.1 Å². The van der Waals surface area contributed by atoms with Crippen molar-refractivity contribution in [3.05, 3.63) is 35.9 Å². The second-order valence-electron chi connectivity index (χ2n) is 7.52. The molecule has 0 radical (unpaired) electrons. The summed E-state index contributed by atoms with van der Waals surface area (Å²) in [6.45, 7) is 7.24. The quantitative estimate of drug-likeness (QED) is 0.208. The van der Waals surface area contributed by atoms with Crippen LogP contribution in [0, 0.1) is 0 Å². The average Bonchev–Trinajstić information content (AvgIpc) is 2.63. The van der Waals surface area contributed by atoms with E-state index in [0.717, 1.165) is 0 Å². The molecule has 0 amide bonds. The van der Waals surface area contributed by atoms with Gasteiger partial charge in [0.25, 0.3) is 0 Å². The van der Waals surface area contributed by atoms with Gasteiger partial charge in [-0.3, -0.25) is 0 Å². The van der Waals surface area contributed by atoms with Crippen LogP contribution in [0.5, 0.6) is 0 Å². The molecule has 1 rings (SSSR count). The van der Waals surface area contributed by atoms with Crippen LogP contribution < -0.4 is 0 Å². The summed E-state index contributed by atoms with van der Waals surface area (Å²) in [5.41, 5.74) is 1.60. The topological polar surface area (TPSA) is 0 Å². The number of unbranched alkanes of at least 4 members (excludes halogenated alkanes) is 9. The molecular weight excluding hydrogens is 351 g/mol. The van der Waals surface area contributed by atoms with Gasteiger partial charge in [0, 0.05) is 0 Å². The molecule has 1 heteroatoms. The summed E-state index contributed by atoms with van der Waals surface area (Å²) >= 11 is -1.46. The third kappa shape index (κ3) is 9.31. The SMILES string of the molecule is CCCCCCCCCCCC[As+](CC)(CC)Cc1ccccc1. The van der Waals surface area contributed by atoms with Gasteiger partial charge in [-0.2, -0.15) is 0 Å². The Kier molecular flexibility index (Phi) is 12.7. The number of rotatable bonds is 15. The number of hydrogen-bond acceptors (Lipinski definition) is 0. The van der Waals surface area contributed by atoms with Crippen molar-refractivity contribution in [1.82, 2.24) is 0 Å². The van der Waals surface area contributed by atoms with Crippen molar-refractivity contribution in [3.8, 4) is 0 Å². The van der Waals surface area contributed by atoms with Crippen LogP contribution in [0.2, 0.25) is 15.6 Å². The molecule has 138 valence electrons. The molecule has 1 aromatic carbocycles. The molecule has 0 aliphatic rings. The van der Waals surface area contributed by atoms with Gasteiger partial charge < -0.3 is 0 Å². The first kappa shape index (κ1) is 21.8. The minimum atomic E-state index is -1.46. The molecular formula is C23H42As+. The fraction of sp³-hybridized carbons (Fsp3) is 0.739. The van der Waals surface area contributed by atoms with Gasteiger partial charge in [-0.25, -0.2) is 0 Å². The summed E-state index contributed by atoms with van der Waals surface area (Å²) < 4.78 is 0. The zero-order valence-corrected chi connectivity index (χ0v) is 18.6. The molecule has 0 saturated heterocycles. The number of hydrogen-bond donors (Lipinski definition) is 0. The first-order valence-electron chi connectivity index (χ1n) is 10.7. The molecule has 0 nitrogen and oxygen atoms in total. The second-order valence-corrected chi connectivity index (χ2v) is 17.4. The molecule has 0 heterocycles. The molecule has 0 saturated carbocycles. The van der Waals surface area contributed by atoms with E-state index in [4.69, 9.17) is 0 Å². The molecule has 0 fully saturated rings. The second kappa shape index (κ2) is 14.0. The summed E-state index contributed by atoms with van der Waals surface area (Å²) in [5, 5.41) is 5.99. The monoisotopic (exact) mass is 393 g/mol. The molecule has 1 aromatic rings. The van der Waals surface area contributed by atoms with Gasteiger partial charge in [-0.15, -0.1) is 0 Å². The first-order valence-corrected chi connectivity index (χ1v) is 16.0. The summed E-state index contributed by atoms with van der Waals surface area (Å²) in [6, 6.07) is 11.3. The normalized spacial score (nSPS) is 11.8. The predicted molar refractivity (Wildman–Crippen MR) is 114 cm³/mol. The van der Waals surface area contributed by atoms with E-state index in [-0.39, 0.29) is 0 Å². The summed E-state index contributed by atoms with van der Waals surface area (Å²) in [6.07, 6.45) is 14.6. The van der Waals surface area contributed by atoms with Crippen molar-refractivity contribution < 1.29 is 0 Å². The Morgan fingerprint density at radius 3 is 1.62 bits per heavy atom. The zero-order chi connectivity index (χ0) is 17.5. The van der Waals surface area contributed by atoms with E-state index in [9.17, 15) is 0 Å². The van der Waals surface area contributed by atoms with Crippen LogP contribution in [-0.2, 0) is 5.21 Å². The van der Waals surface area contributed by atoms with E-state index in [0.29, 0.717) is 0 Å². The van der Waals surface area contributed by atoms with Crippen LogP contribution in [0.25, 0.3) is 0 Å². The van der Waals surface area contributed by atoms with Crippen molar-refractivity contribution in [3.63, 3.8) is 0 Å². The average molecular weight is 394 g/mol. The molecule has 0 unspecified atom stereocenters. The molecule has 0 spiro atoms. The summed E-state index contributed by atoms with van der Waals surface area (Å²) in [5.74, 6) is 0. The predicted octanol–water partition coefficient (Wildman–Crippen LogP) is 8.18. The van der Waals surface area contributed by atoms with Crippen molar-refractivity contribution >= 4 is 13.6 Å². The third-order valence-electron chi connectivity index (χ3n) is 5.69. The molecule has 0 aromatic heterocycles. The summed E-state index contributed by atoms with van der Waals surface area (Å²) in [7, 11) is 0. The van der Waals surface area contributed by atoms with Crippen molar-refractivity contribution in [2.24, 2.45) is 0 Å². The fourth-order valence-electron chi connectivity index (χ4n) is 3.75. The van der Waals surface area contributed by atoms with E-state index in [1.54, 1.807) is 10.8 Å². The van der Waals surface area contributed by atoms with Gasteiger partial charge >= 0.3 is 155 Å².